The summed E-state index contributed by atoms with van der Waals surface area (Å²) in [4.78, 5) is 51.8. The van der Waals surface area contributed by atoms with Gasteiger partial charge in [0.05, 0.1) is 30.8 Å². The van der Waals surface area contributed by atoms with Crippen LogP contribution in [0.15, 0.2) is 67.3 Å². The smallest absolute Gasteiger partial charge is 0.328 e. The first-order valence-corrected chi connectivity index (χ1v) is 18.4. The molecule has 0 spiro atoms. The van der Waals surface area contributed by atoms with Crippen molar-refractivity contribution in [1.82, 2.24) is 29.8 Å². The van der Waals surface area contributed by atoms with E-state index in [0.717, 1.165) is 54.8 Å². The molecule has 0 unspecified atom stereocenters. The summed E-state index contributed by atoms with van der Waals surface area (Å²) >= 11 is 0. The average Bonchev–Trinajstić information content (AvgIpc) is 3.60. The number of rotatable bonds is 8. The Hall–Kier alpha value is -6.09. The molecule has 0 bridgehead atoms. The van der Waals surface area contributed by atoms with Gasteiger partial charge >= 0.3 is 6.03 Å². The van der Waals surface area contributed by atoms with E-state index in [0.29, 0.717) is 41.4 Å². The van der Waals surface area contributed by atoms with Crippen molar-refractivity contribution in [3.63, 3.8) is 0 Å². The zero-order valence-electron chi connectivity index (χ0n) is 30.3. The van der Waals surface area contributed by atoms with Crippen molar-refractivity contribution < 1.29 is 19.1 Å². The summed E-state index contributed by atoms with van der Waals surface area (Å²) < 4.78 is 6.71. The molecular weight excluding hydrogens is 687 g/mol. The second-order valence-corrected chi connectivity index (χ2v) is 13.8. The van der Waals surface area contributed by atoms with E-state index in [1.165, 1.54) is 74.3 Å². The first-order valence-electron chi connectivity index (χ1n) is 18.4. The number of nitrogens with zero attached hydrogens (tertiary/aromatic N) is 7. The molecule has 2 saturated heterocycles. The van der Waals surface area contributed by atoms with E-state index >= 15 is 0 Å². The minimum Gasteiger partial charge on any atom is -0.496 e. The molecule has 3 fully saturated rings. The Balaban J connectivity index is 0.000000175. The number of fused-ring (bicyclic) bond motifs is 2. The topological polar surface area (TPSA) is 187 Å². The molecule has 2 aliphatic heterocycles. The number of carbonyl (C=O) groups is 3. The standard InChI is InChI=1S/C24H31N5O2.C15H14N6O2/c30-23-9-10-29(24(31)26-23)22-16-25-15-20-19(22)7-4-8-21(20)28-13-11-27(12-14-28)17-18-5-2-1-3-6-18;1-23-12-6-11(17)9(7-16)5-10(12)15(22)20-14-8-18-13-3-2-4-19-21(13)14/h4,7-8,15-16,18H,1-3,5-6,9-14,17H2,(H,26,30,31);2-8,16H,17H2,1H3,(H,20,22). The van der Waals surface area contributed by atoms with Gasteiger partial charge in [0.2, 0.25) is 5.91 Å². The molecule has 5 aromatic rings. The van der Waals surface area contributed by atoms with E-state index in [2.05, 4.69) is 47.6 Å². The third kappa shape index (κ3) is 7.81. The zero-order valence-corrected chi connectivity index (χ0v) is 30.3. The summed E-state index contributed by atoms with van der Waals surface area (Å²) in [6.45, 7) is 5.84. The third-order valence-electron chi connectivity index (χ3n) is 10.4. The minimum absolute atomic E-state index is 0.221. The highest BCUT2D eigenvalue weighted by Gasteiger charge is 2.27. The number of urea groups is 1. The fraction of sp³-hybridized carbons (Fsp3) is 0.359. The number of nitrogen functional groups attached to an aromatic ring is 1. The first kappa shape index (κ1) is 36.3. The van der Waals surface area contributed by atoms with Crippen molar-refractivity contribution >= 4 is 63.4 Å². The van der Waals surface area contributed by atoms with Gasteiger partial charge in [-0.2, -0.15) is 9.61 Å². The molecule has 0 atom stereocenters. The fourth-order valence-corrected chi connectivity index (χ4v) is 7.54. The number of nitrogens with one attached hydrogen (secondary N) is 3. The highest BCUT2D eigenvalue weighted by atomic mass is 16.5. The lowest BCUT2D eigenvalue weighted by atomic mass is 9.89. The number of methoxy groups -OCH3 is 1. The Bertz CT molecular complexity index is 2170. The van der Waals surface area contributed by atoms with Gasteiger partial charge in [0.25, 0.3) is 5.91 Å². The van der Waals surface area contributed by atoms with Crippen LogP contribution in [-0.2, 0) is 4.79 Å². The number of aromatic nitrogens is 4. The van der Waals surface area contributed by atoms with Crippen molar-refractivity contribution in [2.75, 3.05) is 67.2 Å². The van der Waals surface area contributed by atoms with Crippen LogP contribution in [0.3, 0.4) is 0 Å². The maximum Gasteiger partial charge on any atom is 0.328 e. The van der Waals surface area contributed by atoms with Gasteiger partial charge in [-0.1, -0.05) is 31.4 Å². The van der Waals surface area contributed by atoms with E-state index in [4.69, 9.17) is 15.9 Å². The number of ether oxygens (including phenoxy) is 1. The van der Waals surface area contributed by atoms with E-state index in [-0.39, 0.29) is 17.5 Å². The quantitative estimate of drug-likeness (QED) is 0.126. The monoisotopic (exact) mass is 731 g/mol. The molecule has 15 heteroatoms. The number of benzene rings is 2. The average molecular weight is 732 g/mol. The fourth-order valence-electron chi connectivity index (χ4n) is 7.54. The maximum atomic E-state index is 12.5. The molecule has 4 amide bonds. The SMILES string of the molecule is COc1cc(N)c(C=N)cc1C(=O)Nc1cnc2cccnn12.O=C1CCN(c2cncc3c(N4CCN(CC5CCCCC5)CC4)cccc23)C(=O)N1. The van der Waals surface area contributed by atoms with Crippen LogP contribution in [0.5, 0.6) is 5.75 Å². The van der Waals surface area contributed by atoms with Gasteiger partial charge in [-0.25, -0.2) is 9.78 Å². The molecule has 1 saturated carbocycles. The van der Waals surface area contributed by atoms with E-state index in [1.807, 2.05) is 12.3 Å². The number of imide groups is 1. The lowest BCUT2D eigenvalue weighted by Crippen LogP contribution is -2.49. The predicted molar refractivity (Wildman–Crippen MR) is 209 cm³/mol. The molecule has 1 aliphatic carbocycles. The van der Waals surface area contributed by atoms with Gasteiger partial charge in [0, 0.05) is 98.1 Å². The second kappa shape index (κ2) is 16.3. The maximum absolute atomic E-state index is 12.5. The zero-order chi connectivity index (χ0) is 37.6. The van der Waals surface area contributed by atoms with Crippen LogP contribution in [0.25, 0.3) is 16.4 Å². The van der Waals surface area contributed by atoms with Gasteiger partial charge in [0.15, 0.2) is 11.5 Å². The predicted octanol–water partition coefficient (Wildman–Crippen LogP) is 4.95. The molecule has 3 aliphatic rings. The first-order chi connectivity index (χ1) is 26.3. The van der Waals surface area contributed by atoms with Crippen molar-refractivity contribution in [2.45, 2.75) is 38.5 Å². The third-order valence-corrected chi connectivity index (χ3v) is 10.4. The molecule has 280 valence electrons. The molecule has 3 aromatic heterocycles. The molecule has 5 N–H and O–H groups in total. The molecule has 5 heterocycles. The normalized spacial score (nSPS) is 16.8. The Morgan fingerprint density at radius 1 is 1.00 bits per heavy atom. The Morgan fingerprint density at radius 2 is 1.81 bits per heavy atom. The number of hydrogen-bond donors (Lipinski definition) is 4. The van der Waals surface area contributed by atoms with Crippen LogP contribution in [-0.4, -0.2) is 94.9 Å². The summed E-state index contributed by atoms with van der Waals surface area (Å²) in [5.74, 6) is 1.01. The molecule has 54 heavy (non-hydrogen) atoms. The summed E-state index contributed by atoms with van der Waals surface area (Å²) in [7, 11) is 1.45. The molecule has 15 nitrogen and oxygen atoms in total. The van der Waals surface area contributed by atoms with Crippen molar-refractivity contribution in [2.24, 2.45) is 5.92 Å². The lowest BCUT2D eigenvalue weighted by Gasteiger charge is -2.38. The highest BCUT2D eigenvalue weighted by molar-refractivity contribution is 6.11. The van der Waals surface area contributed by atoms with Gasteiger partial charge in [0.1, 0.15) is 5.75 Å². The second-order valence-electron chi connectivity index (χ2n) is 13.8. The number of carbonyl (C=O) groups excluding carboxylic acids is 3. The number of imidazole rings is 1. The van der Waals surface area contributed by atoms with Crippen LogP contribution in [0.1, 0.15) is 54.4 Å². The number of anilines is 4. The van der Waals surface area contributed by atoms with E-state index in [9.17, 15) is 14.4 Å². The molecular formula is C39H45N11O4. The summed E-state index contributed by atoms with van der Waals surface area (Å²) in [5, 5.41) is 18.7. The van der Waals surface area contributed by atoms with Gasteiger partial charge < -0.3 is 26.1 Å². The molecule has 2 aromatic carbocycles. The minimum atomic E-state index is -0.405. The molecule has 8 rings (SSSR count). The summed E-state index contributed by atoms with van der Waals surface area (Å²) in [6.07, 6.45) is 15.1. The number of piperazine rings is 1. The van der Waals surface area contributed by atoms with Gasteiger partial charge in [-0.15, -0.1) is 0 Å². The summed E-state index contributed by atoms with van der Waals surface area (Å²) in [5.41, 5.74) is 9.43. The number of pyridine rings is 1. The number of hydrogen-bond acceptors (Lipinski definition) is 11. The van der Waals surface area contributed by atoms with Gasteiger partial charge in [-0.05, 0) is 43.0 Å². The highest BCUT2D eigenvalue weighted by Crippen LogP contribution is 2.34. The lowest BCUT2D eigenvalue weighted by molar-refractivity contribution is -0.120. The number of amides is 4. The van der Waals surface area contributed by atoms with Crippen LogP contribution in [0.2, 0.25) is 0 Å². The Morgan fingerprint density at radius 3 is 2.57 bits per heavy atom. The van der Waals surface area contributed by atoms with Crippen molar-refractivity contribution in [3.8, 4) is 5.75 Å². The Kier molecular flexibility index (Phi) is 10.9. The van der Waals surface area contributed by atoms with Crippen molar-refractivity contribution in [1.29, 1.82) is 5.41 Å². The molecule has 0 radical (unpaired) electrons. The van der Waals surface area contributed by atoms with Crippen LogP contribution < -0.4 is 30.9 Å². The van der Waals surface area contributed by atoms with Crippen LogP contribution >= 0.6 is 0 Å². The summed E-state index contributed by atoms with van der Waals surface area (Å²) in [6, 6.07) is 12.4. The largest absolute Gasteiger partial charge is 0.496 e. The van der Waals surface area contributed by atoms with E-state index in [1.54, 1.807) is 29.4 Å². The van der Waals surface area contributed by atoms with E-state index < -0.39 is 5.91 Å². The Labute approximate surface area is 313 Å². The van der Waals surface area contributed by atoms with Crippen LogP contribution in [0.4, 0.5) is 27.7 Å². The number of nitrogens with two attached hydrogens (primary N) is 1. The van der Waals surface area contributed by atoms with Crippen LogP contribution in [0, 0.1) is 11.3 Å². The van der Waals surface area contributed by atoms with Crippen molar-refractivity contribution in [3.05, 3.63) is 78.4 Å². The van der Waals surface area contributed by atoms with Gasteiger partial charge in [-0.3, -0.25) is 29.7 Å².